The van der Waals surface area contributed by atoms with Crippen molar-refractivity contribution in [3.8, 4) is 0 Å². The Labute approximate surface area is 131 Å². The second-order valence-electron chi connectivity index (χ2n) is 3.20. The van der Waals surface area contributed by atoms with Gasteiger partial charge in [0.05, 0.1) is 6.42 Å². The van der Waals surface area contributed by atoms with Crippen LogP contribution in [-0.2, 0) is 4.79 Å². The molecule has 122 valence electrons. The molecule has 0 aliphatic carbocycles. The van der Waals surface area contributed by atoms with Crippen LogP contribution in [0.4, 0.5) is 5.95 Å². The van der Waals surface area contributed by atoms with Gasteiger partial charge in [-0.25, -0.2) is 4.98 Å². The second kappa shape index (κ2) is 15.0. The van der Waals surface area contributed by atoms with Crippen molar-refractivity contribution in [3.63, 3.8) is 0 Å². The number of nitrogens with zero attached hydrogens (tertiary/aromatic N) is 3. The number of aliphatic carboxylic acids is 1. The van der Waals surface area contributed by atoms with Crippen molar-refractivity contribution < 1.29 is 9.90 Å². The van der Waals surface area contributed by atoms with Gasteiger partial charge in [-0.15, -0.1) is 0 Å². The molecule has 0 unspecified atom stereocenters. The summed E-state index contributed by atoms with van der Waals surface area (Å²) in [6.07, 6.45) is 0.0843. The lowest BCUT2D eigenvalue weighted by molar-refractivity contribution is -0.136. The second-order valence-corrected chi connectivity index (χ2v) is 4.26. The molecule has 1 aromatic rings. The zero-order valence-electron chi connectivity index (χ0n) is 13.5. The summed E-state index contributed by atoms with van der Waals surface area (Å²) < 4.78 is 0. The Balaban J connectivity index is 0. The minimum absolute atomic E-state index is 0.0843. The summed E-state index contributed by atoms with van der Waals surface area (Å²) in [6, 6.07) is 0. The smallest absolute Gasteiger partial charge is 0.304 e. The number of carbonyl (C=O) groups is 1. The molecular weight excluding hydrogens is 290 g/mol. The van der Waals surface area contributed by atoms with Crippen molar-refractivity contribution in [2.24, 2.45) is 5.73 Å². The van der Waals surface area contributed by atoms with E-state index in [1.165, 1.54) is 11.8 Å². The van der Waals surface area contributed by atoms with E-state index in [0.717, 1.165) is 0 Å². The molecule has 0 saturated heterocycles. The molecule has 1 heterocycles. The highest BCUT2D eigenvalue weighted by atomic mass is 32.2. The Bertz CT molecular complexity index is 391. The van der Waals surface area contributed by atoms with Crippen LogP contribution in [0.1, 0.15) is 39.9 Å². The van der Waals surface area contributed by atoms with Crippen molar-refractivity contribution >= 4 is 23.7 Å². The molecule has 7 nitrogen and oxygen atoms in total. The van der Waals surface area contributed by atoms with Gasteiger partial charge in [-0.05, 0) is 6.92 Å². The first-order valence-electron chi connectivity index (χ1n) is 7.13. The fraction of sp³-hybridized carbons (Fsp3) is 0.692. The molecule has 0 atom stereocenters. The van der Waals surface area contributed by atoms with Crippen LogP contribution in [0.5, 0.6) is 0 Å². The Morgan fingerprint density at radius 1 is 1.24 bits per heavy atom. The summed E-state index contributed by atoms with van der Waals surface area (Å²) in [6.45, 7) is 10.8. The van der Waals surface area contributed by atoms with E-state index in [0.29, 0.717) is 35.8 Å². The van der Waals surface area contributed by atoms with Crippen LogP contribution in [-0.4, -0.2) is 44.9 Å². The first-order valence-corrected chi connectivity index (χ1v) is 8.11. The summed E-state index contributed by atoms with van der Waals surface area (Å²) in [5.74, 6) is 0.678. The lowest BCUT2D eigenvalue weighted by Crippen LogP contribution is -2.15. The molecule has 0 fully saturated rings. The van der Waals surface area contributed by atoms with Crippen LogP contribution < -0.4 is 11.1 Å². The van der Waals surface area contributed by atoms with Gasteiger partial charge in [0.15, 0.2) is 5.16 Å². The van der Waals surface area contributed by atoms with Gasteiger partial charge in [-0.2, -0.15) is 9.97 Å². The number of aromatic nitrogens is 3. The van der Waals surface area contributed by atoms with Gasteiger partial charge in [0.25, 0.3) is 0 Å². The quantitative estimate of drug-likeness (QED) is 0.656. The molecule has 1 rings (SSSR count). The number of rotatable bonds is 7. The predicted molar refractivity (Wildman–Crippen MR) is 87.8 cm³/mol. The number of carboxylic acid groups (broad SMARTS) is 1. The third-order valence-electron chi connectivity index (χ3n) is 1.70. The average Bonchev–Trinajstić information content (AvgIpc) is 2.48. The first kappa shape index (κ1) is 21.9. The molecule has 0 amide bonds. The highest BCUT2D eigenvalue weighted by Crippen LogP contribution is 2.15. The topological polar surface area (TPSA) is 114 Å². The molecule has 0 aliphatic heterocycles. The summed E-state index contributed by atoms with van der Waals surface area (Å²) >= 11 is 1.30. The lowest BCUT2D eigenvalue weighted by Gasteiger charge is -2.05. The molecule has 8 heteroatoms. The van der Waals surface area contributed by atoms with Crippen molar-refractivity contribution in [3.05, 3.63) is 5.82 Å². The standard InChI is InChI=1S/C9H15N5O2S.2C2H6/c1-6-12-8(11-4-3-10)14-9(13-6)17-5-2-7(15)16;2*1-2/h2-5,10H2,1H3,(H,15,16)(H,11,12,13,14);2*1-2H3. The van der Waals surface area contributed by atoms with E-state index in [4.69, 9.17) is 10.8 Å². The van der Waals surface area contributed by atoms with Crippen LogP contribution in [0.2, 0.25) is 0 Å². The molecule has 0 aliphatic rings. The third-order valence-corrected chi connectivity index (χ3v) is 2.55. The molecule has 21 heavy (non-hydrogen) atoms. The number of hydrogen-bond acceptors (Lipinski definition) is 7. The van der Waals surface area contributed by atoms with Crippen molar-refractivity contribution in [1.29, 1.82) is 0 Å². The Kier molecular flexibility index (Phi) is 15.6. The highest BCUT2D eigenvalue weighted by Gasteiger charge is 2.05. The van der Waals surface area contributed by atoms with Gasteiger partial charge >= 0.3 is 5.97 Å². The van der Waals surface area contributed by atoms with E-state index < -0.39 is 5.97 Å². The van der Waals surface area contributed by atoms with Crippen molar-refractivity contribution in [2.45, 2.75) is 46.2 Å². The zero-order chi connectivity index (χ0) is 16.7. The van der Waals surface area contributed by atoms with E-state index >= 15 is 0 Å². The van der Waals surface area contributed by atoms with Crippen molar-refractivity contribution in [1.82, 2.24) is 15.0 Å². The average molecular weight is 317 g/mol. The number of carboxylic acids is 1. The predicted octanol–water partition coefficient (Wildman–Crippen LogP) is 2.17. The van der Waals surface area contributed by atoms with Gasteiger partial charge in [-0.1, -0.05) is 39.5 Å². The summed E-state index contributed by atoms with van der Waals surface area (Å²) in [5, 5.41) is 12.0. The fourth-order valence-corrected chi connectivity index (χ4v) is 1.82. The molecular formula is C13H27N5O2S. The maximum Gasteiger partial charge on any atom is 0.304 e. The molecule has 4 N–H and O–H groups in total. The van der Waals surface area contributed by atoms with Crippen LogP contribution in [0, 0.1) is 6.92 Å². The zero-order valence-corrected chi connectivity index (χ0v) is 14.3. The number of hydrogen-bond donors (Lipinski definition) is 3. The number of nitrogens with one attached hydrogen (secondary N) is 1. The van der Waals surface area contributed by atoms with Crippen LogP contribution in [0.15, 0.2) is 5.16 Å². The number of nitrogens with two attached hydrogens (primary N) is 1. The molecule has 0 aromatic carbocycles. The number of aryl methyl sites for hydroxylation is 1. The maximum absolute atomic E-state index is 10.4. The SMILES string of the molecule is CC.CC.Cc1nc(NCCN)nc(SCCC(=O)O)n1. The number of anilines is 1. The monoisotopic (exact) mass is 317 g/mol. The van der Waals surface area contributed by atoms with Crippen LogP contribution >= 0.6 is 11.8 Å². The van der Waals surface area contributed by atoms with E-state index in [-0.39, 0.29) is 6.42 Å². The molecule has 0 spiro atoms. The largest absolute Gasteiger partial charge is 0.481 e. The fourth-order valence-electron chi connectivity index (χ4n) is 1.01. The maximum atomic E-state index is 10.4. The van der Waals surface area contributed by atoms with Gasteiger partial charge in [-0.3, -0.25) is 4.79 Å². The van der Waals surface area contributed by atoms with E-state index in [9.17, 15) is 4.79 Å². The Morgan fingerprint density at radius 2 is 1.86 bits per heavy atom. The van der Waals surface area contributed by atoms with Gasteiger partial charge in [0.2, 0.25) is 5.95 Å². The highest BCUT2D eigenvalue weighted by molar-refractivity contribution is 7.99. The van der Waals surface area contributed by atoms with Crippen LogP contribution in [0.25, 0.3) is 0 Å². The van der Waals surface area contributed by atoms with E-state index in [2.05, 4.69) is 20.3 Å². The van der Waals surface area contributed by atoms with Gasteiger partial charge in [0, 0.05) is 18.8 Å². The molecule has 1 aromatic heterocycles. The molecule has 0 bridgehead atoms. The van der Waals surface area contributed by atoms with E-state index in [1.54, 1.807) is 6.92 Å². The van der Waals surface area contributed by atoms with Gasteiger partial charge < -0.3 is 16.2 Å². The van der Waals surface area contributed by atoms with Crippen LogP contribution in [0.3, 0.4) is 0 Å². The normalized spacial score (nSPS) is 8.86. The lowest BCUT2D eigenvalue weighted by atomic mass is 10.5. The van der Waals surface area contributed by atoms with E-state index in [1.807, 2.05) is 27.7 Å². The first-order chi connectivity index (χ1) is 10.1. The summed E-state index contributed by atoms with van der Waals surface area (Å²) in [7, 11) is 0. The third kappa shape index (κ3) is 12.1. The number of thioether (sulfide) groups is 1. The molecule has 0 radical (unpaired) electrons. The minimum Gasteiger partial charge on any atom is -0.481 e. The summed E-state index contributed by atoms with van der Waals surface area (Å²) in [5.41, 5.74) is 5.36. The minimum atomic E-state index is -0.829. The van der Waals surface area contributed by atoms with Gasteiger partial charge in [0.1, 0.15) is 5.82 Å². The Hall–Kier alpha value is -1.41. The Morgan fingerprint density at radius 3 is 2.38 bits per heavy atom. The summed E-state index contributed by atoms with van der Waals surface area (Å²) in [4.78, 5) is 22.7. The van der Waals surface area contributed by atoms with Crippen molar-refractivity contribution in [2.75, 3.05) is 24.2 Å². The molecule has 0 saturated carbocycles.